The Morgan fingerprint density at radius 3 is 2.47 bits per heavy atom. The molecule has 102 valence electrons. The molecule has 1 heterocycles. The molecule has 1 fully saturated rings. The minimum Gasteiger partial charge on any atom is -0.411 e. The lowest BCUT2D eigenvalue weighted by Crippen LogP contribution is -2.52. The second-order valence-electron chi connectivity index (χ2n) is 5.47. The number of carbonyl (C=O) groups is 1. The summed E-state index contributed by atoms with van der Waals surface area (Å²) in [5.41, 5.74) is 0.586. The summed E-state index contributed by atoms with van der Waals surface area (Å²) in [7, 11) is 1.92. The van der Waals surface area contributed by atoms with E-state index in [1.165, 1.54) is 0 Å². The molecular formula is C14H17ClN2O2. The number of Topliss-reactive ketones (excluding diaryl/α,β-unsaturated/α-hetero) is 1. The maximum absolute atomic E-state index is 12.3. The van der Waals surface area contributed by atoms with E-state index in [2.05, 4.69) is 5.16 Å². The van der Waals surface area contributed by atoms with Crippen LogP contribution in [0.3, 0.4) is 0 Å². The Morgan fingerprint density at radius 2 is 1.95 bits per heavy atom. The quantitative estimate of drug-likeness (QED) is 0.636. The molecule has 0 aromatic heterocycles. The van der Waals surface area contributed by atoms with Gasteiger partial charge in [-0.3, -0.25) is 9.69 Å². The Kier molecular flexibility index (Phi) is 3.65. The third-order valence-corrected chi connectivity index (χ3v) is 3.93. The summed E-state index contributed by atoms with van der Waals surface area (Å²) in [4.78, 5) is 14.3. The van der Waals surface area contributed by atoms with Crippen LogP contribution in [0.2, 0.25) is 5.02 Å². The molecule has 19 heavy (non-hydrogen) atoms. The summed E-state index contributed by atoms with van der Waals surface area (Å²) >= 11 is 5.90. The first-order valence-corrected chi connectivity index (χ1v) is 6.47. The molecule has 1 aromatic rings. The van der Waals surface area contributed by atoms with E-state index in [0.29, 0.717) is 11.6 Å². The number of hydrogen-bond donors (Lipinski definition) is 1. The van der Waals surface area contributed by atoms with Gasteiger partial charge in [0.1, 0.15) is 5.71 Å². The van der Waals surface area contributed by atoms with Crippen molar-refractivity contribution in [2.75, 3.05) is 13.6 Å². The number of likely N-dealkylation sites (tertiary alicyclic amines) is 1. The Morgan fingerprint density at radius 1 is 1.37 bits per heavy atom. The third kappa shape index (κ3) is 2.38. The Bertz CT molecular complexity index is 523. The van der Waals surface area contributed by atoms with E-state index < -0.39 is 5.41 Å². The third-order valence-electron chi connectivity index (χ3n) is 3.68. The van der Waals surface area contributed by atoms with E-state index in [4.69, 9.17) is 16.8 Å². The molecule has 0 saturated carbocycles. The zero-order valence-corrected chi connectivity index (χ0v) is 12.0. The van der Waals surface area contributed by atoms with E-state index in [-0.39, 0.29) is 17.5 Å². The summed E-state index contributed by atoms with van der Waals surface area (Å²) in [5.74, 6) is -0.118. The zero-order valence-electron chi connectivity index (χ0n) is 11.2. The number of nitrogens with zero attached hydrogens (tertiary/aromatic N) is 2. The molecule has 1 aliphatic rings. The van der Waals surface area contributed by atoms with Crippen molar-refractivity contribution in [3.8, 4) is 0 Å². The topological polar surface area (TPSA) is 52.9 Å². The van der Waals surface area contributed by atoms with Gasteiger partial charge in [0.15, 0.2) is 5.78 Å². The van der Waals surface area contributed by atoms with Gasteiger partial charge in [-0.15, -0.1) is 0 Å². The van der Waals surface area contributed by atoms with Crippen molar-refractivity contribution in [3.05, 3.63) is 34.9 Å². The van der Waals surface area contributed by atoms with Gasteiger partial charge in [-0.2, -0.15) is 0 Å². The summed E-state index contributed by atoms with van der Waals surface area (Å²) in [6, 6.07) is 7.43. The van der Waals surface area contributed by atoms with E-state index in [1.54, 1.807) is 0 Å². The monoisotopic (exact) mass is 280 g/mol. The summed E-state index contributed by atoms with van der Waals surface area (Å²) in [5, 5.41) is 12.7. The van der Waals surface area contributed by atoms with Crippen LogP contribution in [0.4, 0.5) is 0 Å². The highest BCUT2D eigenvalue weighted by Gasteiger charge is 2.46. The largest absolute Gasteiger partial charge is 0.411 e. The standard InChI is InChI=1S/C14H17ClN2O2/c1-14(2)12(9-4-6-10(15)7-5-9)17(3)8-11(16-19)13(14)18/h4-7,12,19H,8H2,1-3H3/b16-11-. The molecule has 2 rings (SSSR count). The van der Waals surface area contributed by atoms with Crippen LogP contribution < -0.4 is 0 Å². The van der Waals surface area contributed by atoms with Crippen LogP contribution in [0.1, 0.15) is 25.5 Å². The van der Waals surface area contributed by atoms with Gasteiger partial charge in [-0.05, 0) is 24.7 Å². The lowest BCUT2D eigenvalue weighted by molar-refractivity contribution is -0.126. The average molecular weight is 281 g/mol. The van der Waals surface area contributed by atoms with Gasteiger partial charge >= 0.3 is 0 Å². The molecule has 0 spiro atoms. The average Bonchev–Trinajstić information content (AvgIpc) is 2.36. The van der Waals surface area contributed by atoms with E-state index >= 15 is 0 Å². The lowest BCUT2D eigenvalue weighted by atomic mass is 9.72. The predicted molar refractivity (Wildman–Crippen MR) is 74.8 cm³/mol. The molecule has 1 saturated heterocycles. The maximum atomic E-state index is 12.3. The molecule has 4 nitrogen and oxygen atoms in total. The van der Waals surface area contributed by atoms with Gasteiger partial charge < -0.3 is 5.21 Å². The first-order chi connectivity index (χ1) is 8.87. The lowest BCUT2D eigenvalue weighted by Gasteiger charge is -2.43. The number of benzene rings is 1. The van der Waals surface area contributed by atoms with Crippen molar-refractivity contribution in [2.24, 2.45) is 10.6 Å². The molecule has 0 aliphatic carbocycles. The predicted octanol–water partition coefficient (Wildman–Crippen LogP) is 2.75. The fraction of sp³-hybridized carbons (Fsp3) is 0.429. The van der Waals surface area contributed by atoms with Crippen molar-refractivity contribution in [1.82, 2.24) is 4.90 Å². The van der Waals surface area contributed by atoms with E-state index in [9.17, 15) is 4.79 Å². The van der Waals surface area contributed by atoms with Crippen molar-refractivity contribution in [1.29, 1.82) is 0 Å². The van der Waals surface area contributed by atoms with Crippen LogP contribution >= 0.6 is 11.6 Å². The summed E-state index contributed by atoms with van der Waals surface area (Å²) in [6.07, 6.45) is 0. The van der Waals surface area contributed by atoms with Crippen molar-refractivity contribution in [2.45, 2.75) is 19.9 Å². The van der Waals surface area contributed by atoms with Crippen LogP contribution in [0.5, 0.6) is 0 Å². The van der Waals surface area contributed by atoms with Crippen LogP contribution in [-0.4, -0.2) is 35.2 Å². The maximum Gasteiger partial charge on any atom is 0.189 e. The minimum atomic E-state index is -0.650. The van der Waals surface area contributed by atoms with Crippen molar-refractivity contribution < 1.29 is 10.0 Å². The fourth-order valence-corrected chi connectivity index (χ4v) is 2.97. The number of hydrogen-bond acceptors (Lipinski definition) is 4. The Labute approximate surface area is 117 Å². The first-order valence-electron chi connectivity index (χ1n) is 6.09. The van der Waals surface area contributed by atoms with Gasteiger partial charge in [-0.25, -0.2) is 0 Å². The van der Waals surface area contributed by atoms with Crippen LogP contribution in [0, 0.1) is 5.41 Å². The van der Waals surface area contributed by atoms with Gasteiger partial charge in [0.05, 0.1) is 0 Å². The second-order valence-corrected chi connectivity index (χ2v) is 5.90. The molecule has 1 atom stereocenters. The number of rotatable bonds is 1. The van der Waals surface area contributed by atoms with Crippen molar-refractivity contribution in [3.63, 3.8) is 0 Å². The van der Waals surface area contributed by atoms with E-state index in [0.717, 1.165) is 5.56 Å². The SMILES string of the molecule is CN1C/C(=N/O)C(=O)C(C)(C)C1c1ccc(Cl)cc1. The molecule has 1 aliphatic heterocycles. The number of oxime groups is 1. The van der Waals surface area contributed by atoms with Crippen LogP contribution in [0.25, 0.3) is 0 Å². The highest BCUT2D eigenvalue weighted by atomic mass is 35.5. The number of ketones is 1. The second kappa shape index (κ2) is 4.94. The number of piperidine rings is 1. The molecule has 5 heteroatoms. The number of halogens is 1. The molecule has 0 bridgehead atoms. The molecule has 1 unspecified atom stereocenters. The van der Waals surface area contributed by atoms with Crippen LogP contribution in [-0.2, 0) is 4.79 Å². The fourth-order valence-electron chi connectivity index (χ4n) is 2.84. The minimum absolute atomic E-state index is 0.0669. The van der Waals surface area contributed by atoms with Gasteiger partial charge in [-0.1, -0.05) is 42.7 Å². The van der Waals surface area contributed by atoms with Crippen molar-refractivity contribution >= 4 is 23.1 Å². The van der Waals surface area contributed by atoms with Gasteiger partial charge in [0.25, 0.3) is 0 Å². The Balaban J connectivity index is 2.44. The zero-order chi connectivity index (χ0) is 14.2. The smallest absolute Gasteiger partial charge is 0.189 e. The summed E-state index contributed by atoms with van der Waals surface area (Å²) in [6.45, 7) is 4.08. The molecular weight excluding hydrogens is 264 g/mol. The number of carbonyl (C=O) groups excluding carboxylic acids is 1. The molecule has 0 radical (unpaired) electrons. The molecule has 1 aromatic carbocycles. The van der Waals surface area contributed by atoms with Crippen LogP contribution in [0.15, 0.2) is 29.4 Å². The highest BCUT2D eigenvalue weighted by Crippen LogP contribution is 2.41. The Hall–Kier alpha value is -1.39. The summed E-state index contributed by atoms with van der Waals surface area (Å²) < 4.78 is 0. The van der Waals surface area contributed by atoms with Gasteiger partial charge in [0.2, 0.25) is 0 Å². The normalized spacial score (nSPS) is 25.8. The molecule has 1 N–H and O–H groups in total. The van der Waals surface area contributed by atoms with E-state index in [1.807, 2.05) is 50.1 Å². The van der Waals surface area contributed by atoms with Gasteiger partial charge in [0, 0.05) is 23.0 Å². The molecule has 0 amide bonds. The highest BCUT2D eigenvalue weighted by molar-refractivity contribution is 6.43. The first kappa shape index (κ1) is 14.0.